The summed E-state index contributed by atoms with van der Waals surface area (Å²) < 4.78 is 5.30. The summed E-state index contributed by atoms with van der Waals surface area (Å²) in [5, 5.41) is 6.34. The molecule has 15 heavy (non-hydrogen) atoms. The van der Waals surface area contributed by atoms with Crippen LogP contribution in [0.1, 0.15) is 26.2 Å². The summed E-state index contributed by atoms with van der Waals surface area (Å²) in [5.41, 5.74) is 0. The lowest BCUT2D eigenvalue weighted by molar-refractivity contribution is -0.123. The van der Waals surface area contributed by atoms with E-state index in [9.17, 15) is 4.79 Å². The maximum absolute atomic E-state index is 11.6. The van der Waals surface area contributed by atoms with Crippen molar-refractivity contribution in [1.82, 2.24) is 10.6 Å². The van der Waals surface area contributed by atoms with Crippen molar-refractivity contribution in [2.75, 3.05) is 19.8 Å². The van der Waals surface area contributed by atoms with E-state index in [1.807, 2.05) is 0 Å². The van der Waals surface area contributed by atoms with E-state index in [-0.39, 0.29) is 11.9 Å². The quantitative estimate of drug-likeness (QED) is 0.706. The molecule has 1 atom stereocenters. The molecule has 2 rings (SSSR count). The number of hydrogen-bond acceptors (Lipinski definition) is 3. The Morgan fingerprint density at radius 3 is 2.93 bits per heavy atom. The van der Waals surface area contributed by atoms with E-state index in [1.165, 1.54) is 0 Å². The second-order valence-electron chi connectivity index (χ2n) is 4.77. The Bertz CT molecular complexity index is 221. The van der Waals surface area contributed by atoms with Gasteiger partial charge in [-0.15, -0.1) is 0 Å². The Kier molecular flexibility index (Phi) is 3.59. The van der Waals surface area contributed by atoms with Crippen LogP contribution >= 0.6 is 0 Å². The number of carbonyl (C=O) groups is 1. The van der Waals surface area contributed by atoms with E-state index >= 15 is 0 Å². The van der Waals surface area contributed by atoms with Gasteiger partial charge in [-0.25, -0.2) is 0 Å². The minimum absolute atomic E-state index is 0.162. The molecule has 0 aromatic heterocycles. The number of rotatable bonds is 3. The van der Waals surface area contributed by atoms with Crippen LogP contribution < -0.4 is 10.6 Å². The fraction of sp³-hybridized carbons (Fsp3) is 0.909. The van der Waals surface area contributed by atoms with Crippen molar-refractivity contribution in [3.05, 3.63) is 0 Å². The third-order valence-corrected chi connectivity index (χ3v) is 3.17. The molecule has 0 spiro atoms. The molecule has 2 fully saturated rings. The maximum atomic E-state index is 11.6. The smallest absolute Gasteiger partial charge is 0.221 e. The van der Waals surface area contributed by atoms with Crippen LogP contribution in [0.3, 0.4) is 0 Å². The summed E-state index contributed by atoms with van der Waals surface area (Å²) in [6.07, 6.45) is 2.82. The lowest BCUT2D eigenvalue weighted by atomic mass is 9.82. The first-order valence-corrected chi connectivity index (χ1v) is 5.84. The highest BCUT2D eigenvalue weighted by Crippen LogP contribution is 2.26. The van der Waals surface area contributed by atoms with Gasteiger partial charge in [-0.2, -0.15) is 0 Å². The third-order valence-electron chi connectivity index (χ3n) is 3.17. The van der Waals surface area contributed by atoms with Gasteiger partial charge in [0.2, 0.25) is 5.91 Å². The number of amides is 1. The Labute approximate surface area is 90.8 Å². The van der Waals surface area contributed by atoms with Crippen molar-refractivity contribution >= 4 is 5.91 Å². The first kappa shape index (κ1) is 10.9. The molecule has 1 aliphatic heterocycles. The minimum Gasteiger partial charge on any atom is -0.378 e. The first-order chi connectivity index (χ1) is 7.24. The van der Waals surface area contributed by atoms with Gasteiger partial charge in [-0.1, -0.05) is 6.92 Å². The predicted molar refractivity (Wildman–Crippen MR) is 57.6 cm³/mol. The lowest BCUT2D eigenvalue weighted by Gasteiger charge is -2.34. The van der Waals surface area contributed by atoms with Gasteiger partial charge in [0.15, 0.2) is 0 Å². The SMILES string of the molecule is CC1CC(NC(=O)CC2COCCN2)C1. The van der Waals surface area contributed by atoms with E-state index in [1.54, 1.807) is 0 Å². The van der Waals surface area contributed by atoms with Gasteiger partial charge in [0.1, 0.15) is 0 Å². The summed E-state index contributed by atoms with van der Waals surface area (Å²) >= 11 is 0. The van der Waals surface area contributed by atoms with E-state index in [0.717, 1.165) is 31.9 Å². The number of morpholine rings is 1. The van der Waals surface area contributed by atoms with Gasteiger partial charge >= 0.3 is 0 Å². The van der Waals surface area contributed by atoms with E-state index in [0.29, 0.717) is 19.1 Å². The second-order valence-corrected chi connectivity index (χ2v) is 4.77. The summed E-state index contributed by atoms with van der Waals surface area (Å²) in [5.74, 6) is 0.946. The molecular formula is C11H20N2O2. The number of ether oxygens (including phenoxy) is 1. The van der Waals surface area contributed by atoms with Crippen molar-refractivity contribution in [3.8, 4) is 0 Å². The Morgan fingerprint density at radius 2 is 2.33 bits per heavy atom. The summed E-state index contributed by atoms with van der Waals surface area (Å²) in [4.78, 5) is 11.6. The van der Waals surface area contributed by atoms with Crippen molar-refractivity contribution < 1.29 is 9.53 Å². The van der Waals surface area contributed by atoms with Crippen LogP contribution in [-0.2, 0) is 9.53 Å². The average Bonchev–Trinajstić information content (AvgIpc) is 2.17. The van der Waals surface area contributed by atoms with Gasteiger partial charge in [-0.3, -0.25) is 4.79 Å². The first-order valence-electron chi connectivity index (χ1n) is 5.84. The normalized spacial score (nSPS) is 35.7. The maximum Gasteiger partial charge on any atom is 0.221 e. The molecule has 1 aliphatic carbocycles. The van der Waals surface area contributed by atoms with E-state index in [2.05, 4.69) is 17.6 Å². The highest BCUT2D eigenvalue weighted by atomic mass is 16.5. The molecule has 0 bridgehead atoms. The molecule has 2 N–H and O–H groups in total. The van der Waals surface area contributed by atoms with E-state index < -0.39 is 0 Å². The van der Waals surface area contributed by atoms with Crippen molar-refractivity contribution in [3.63, 3.8) is 0 Å². The topological polar surface area (TPSA) is 50.4 Å². The molecule has 86 valence electrons. The van der Waals surface area contributed by atoms with Crippen LogP contribution in [0.4, 0.5) is 0 Å². The Hall–Kier alpha value is -0.610. The second kappa shape index (κ2) is 4.94. The monoisotopic (exact) mass is 212 g/mol. The number of nitrogens with one attached hydrogen (secondary N) is 2. The standard InChI is InChI=1S/C11H20N2O2/c1-8-4-9(5-8)13-11(14)6-10-7-15-3-2-12-10/h8-10,12H,2-7H2,1H3,(H,13,14). The van der Waals surface area contributed by atoms with Crippen molar-refractivity contribution in [2.24, 2.45) is 5.92 Å². The van der Waals surface area contributed by atoms with Crippen LogP contribution in [0.15, 0.2) is 0 Å². The summed E-state index contributed by atoms with van der Waals surface area (Å²) in [7, 11) is 0. The zero-order valence-corrected chi connectivity index (χ0v) is 9.29. The van der Waals surface area contributed by atoms with Gasteiger partial charge in [-0.05, 0) is 18.8 Å². The third kappa shape index (κ3) is 3.18. The Balaban J connectivity index is 1.63. The van der Waals surface area contributed by atoms with Crippen LogP contribution in [0.5, 0.6) is 0 Å². The zero-order chi connectivity index (χ0) is 10.7. The lowest BCUT2D eigenvalue weighted by Crippen LogP contribution is -2.48. The highest BCUT2D eigenvalue weighted by molar-refractivity contribution is 5.77. The molecule has 1 saturated carbocycles. The fourth-order valence-electron chi connectivity index (χ4n) is 2.28. The fourth-order valence-corrected chi connectivity index (χ4v) is 2.28. The molecule has 4 heteroatoms. The van der Waals surface area contributed by atoms with E-state index in [4.69, 9.17) is 4.74 Å². The van der Waals surface area contributed by atoms with Gasteiger partial charge in [0.05, 0.1) is 13.2 Å². The summed E-state index contributed by atoms with van der Waals surface area (Å²) in [6.45, 7) is 4.50. The number of carbonyl (C=O) groups excluding carboxylic acids is 1. The molecule has 1 amide bonds. The van der Waals surface area contributed by atoms with Crippen LogP contribution in [0.2, 0.25) is 0 Å². The molecular weight excluding hydrogens is 192 g/mol. The molecule has 0 radical (unpaired) electrons. The van der Waals surface area contributed by atoms with Crippen LogP contribution in [-0.4, -0.2) is 37.7 Å². The van der Waals surface area contributed by atoms with Gasteiger partial charge in [0, 0.05) is 25.0 Å². The predicted octanol–water partition coefficient (Wildman–Crippen LogP) is 0.280. The van der Waals surface area contributed by atoms with Gasteiger partial charge < -0.3 is 15.4 Å². The average molecular weight is 212 g/mol. The largest absolute Gasteiger partial charge is 0.378 e. The van der Waals surface area contributed by atoms with Gasteiger partial charge in [0.25, 0.3) is 0 Å². The van der Waals surface area contributed by atoms with Crippen molar-refractivity contribution in [1.29, 1.82) is 0 Å². The van der Waals surface area contributed by atoms with Crippen LogP contribution in [0.25, 0.3) is 0 Å². The minimum atomic E-state index is 0.162. The summed E-state index contributed by atoms with van der Waals surface area (Å²) in [6, 6.07) is 0.633. The number of hydrogen-bond donors (Lipinski definition) is 2. The molecule has 4 nitrogen and oxygen atoms in total. The van der Waals surface area contributed by atoms with Crippen molar-refractivity contribution in [2.45, 2.75) is 38.3 Å². The molecule has 1 unspecified atom stereocenters. The zero-order valence-electron chi connectivity index (χ0n) is 9.29. The molecule has 1 heterocycles. The Morgan fingerprint density at radius 1 is 1.53 bits per heavy atom. The molecule has 0 aromatic rings. The highest BCUT2D eigenvalue weighted by Gasteiger charge is 2.27. The molecule has 1 saturated heterocycles. The molecule has 0 aromatic carbocycles. The van der Waals surface area contributed by atoms with Crippen LogP contribution in [0, 0.1) is 5.92 Å². The molecule has 2 aliphatic rings.